The Morgan fingerprint density at radius 2 is 1.61 bits per heavy atom. The Kier molecular flexibility index (Phi) is 12.3. The Hall–Kier alpha value is -0.660. The minimum atomic E-state index is -4.02. The SMILES string of the molecule is Cc1ccc(S(=O)(=O)O)cc1.OCCCCCCC[N+]1(CC#CI)CCCC1. The predicted octanol–water partition coefficient (Wildman–Crippen LogP) is 4.18. The number of hydrogen-bond donors (Lipinski definition) is 2. The van der Waals surface area contributed by atoms with E-state index in [2.05, 4.69) is 32.4 Å². The number of nitrogens with zero attached hydrogens (tertiary/aromatic N) is 1. The van der Waals surface area contributed by atoms with Gasteiger partial charge in [0.25, 0.3) is 10.1 Å². The Labute approximate surface area is 184 Å². The number of benzene rings is 1. The summed E-state index contributed by atoms with van der Waals surface area (Å²) in [7, 11) is -4.02. The molecule has 0 aromatic heterocycles. The molecule has 0 saturated carbocycles. The molecule has 0 spiro atoms. The number of aryl methyl sites for hydroxylation is 1. The average molecular weight is 522 g/mol. The summed E-state index contributed by atoms with van der Waals surface area (Å²) in [6.07, 6.45) is 8.84. The van der Waals surface area contributed by atoms with Crippen LogP contribution < -0.4 is 0 Å². The number of hydrogen-bond acceptors (Lipinski definition) is 3. The van der Waals surface area contributed by atoms with Crippen molar-refractivity contribution in [2.24, 2.45) is 0 Å². The summed E-state index contributed by atoms with van der Waals surface area (Å²) in [6.45, 7) is 7.23. The van der Waals surface area contributed by atoms with Crippen molar-refractivity contribution in [1.29, 1.82) is 0 Å². The zero-order chi connectivity index (χ0) is 20.9. The molecule has 1 aliphatic rings. The first-order valence-electron chi connectivity index (χ1n) is 9.92. The van der Waals surface area contributed by atoms with Gasteiger partial charge in [0.05, 0.1) is 24.5 Å². The summed E-state index contributed by atoms with van der Waals surface area (Å²) in [4.78, 5) is -0.0666. The minimum absolute atomic E-state index is 0.0666. The zero-order valence-corrected chi connectivity index (χ0v) is 19.7. The Bertz CT molecular complexity index is 717. The molecule has 2 rings (SSSR count). The van der Waals surface area contributed by atoms with Crippen molar-refractivity contribution < 1.29 is 22.6 Å². The molecule has 0 bridgehead atoms. The first-order valence-corrected chi connectivity index (χ1v) is 12.4. The fourth-order valence-electron chi connectivity index (χ4n) is 3.46. The molecule has 7 heteroatoms. The van der Waals surface area contributed by atoms with Crippen molar-refractivity contribution in [2.45, 2.75) is 56.8 Å². The van der Waals surface area contributed by atoms with E-state index in [4.69, 9.17) is 9.66 Å². The van der Waals surface area contributed by atoms with Crippen LogP contribution in [0.25, 0.3) is 0 Å². The van der Waals surface area contributed by atoms with Crippen LogP contribution in [0.4, 0.5) is 0 Å². The summed E-state index contributed by atoms with van der Waals surface area (Å²) in [5.74, 6) is 3.27. The van der Waals surface area contributed by atoms with Gasteiger partial charge in [0, 0.05) is 42.0 Å². The Balaban J connectivity index is 0.000000307. The van der Waals surface area contributed by atoms with Gasteiger partial charge in [-0.05, 0) is 48.2 Å². The highest BCUT2D eigenvalue weighted by atomic mass is 127. The number of aliphatic hydroxyl groups excluding tert-OH is 1. The second-order valence-corrected chi connectivity index (χ2v) is 9.39. The topological polar surface area (TPSA) is 74.6 Å². The monoisotopic (exact) mass is 522 g/mol. The number of aliphatic hydroxyl groups is 1. The fraction of sp³-hybridized carbons (Fsp3) is 0.619. The molecule has 28 heavy (non-hydrogen) atoms. The van der Waals surface area contributed by atoms with Crippen molar-refractivity contribution in [3.05, 3.63) is 29.8 Å². The summed E-state index contributed by atoms with van der Waals surface area (Å²) in [5, 5.41) is 8.71. The Morgan fingerprint density at radius 1 is 1.04 bits per heavy atom. The second kappa shape index (κ2) is 13.5. The standard InChI is InChI=1S/C14H25INO.C7H8O3S/c15-9-8-13-16(11-5-6-12-16)10-4-2-1-3-7-14-17;1-6-2-4-7(5-3-6)11(8,9)10/h17H,1-7,10-14H2;2-5H,1H3,(H,8,9,10)/q+1;. The average Bonchev–Trinajstić information content (AvgIpc) is 3.12. The number of rotatable bonds is 9. The zero-order valence-electron chi connectivity index (χ0n) is 16.7. The third kappa shape index (κ3) is 10.2. The molecular formula is C21H33INO4S+. The molecule has 0 amide bonds. The van der Waals surface area contributed by atoms with Crippen molar-refractivity contribution in [2.75, 3.05) is 32.8 Å². The van der Waals surface area contributed by atoms with Crippen molar-refractivity contribution in [1.82, 2.24) is 0 Å². The summed E-state index contributed by atoms with van der Waals surface area (Å²) >= 11 is 2.15. The van der Waals surface area contributed by atoms with Crippen molar-refractivity contribution >= 4 is 32.7 Å². The van der Waals surface area contributed by atoms with Crippen LogP contribution in [0.15, 0.2) is 29.2 Å². The lowest BCUT2D eigenvalue weighted by molar-refractivity contribution is -0.910. The van der Waals surface area contributed by atoms with E-state index in [0.29, 0.717) is 6.61 Å². The molecular weight excluding hydrogens is 489 g/mol. The van der Waals surface area contributed by atoms with Gasteiger partial charge in [-0.15, -0.1) is 0 Å². The predicted molar refractivity (Wildman–Crippen MR) is 122 cm³/mol. The molecule has 1 aromatic rings. The van der Waals surface area contributed by atoms with Gasteiger partial charge in [0.15, 0.2) is 0 Å². The number of unbranched alkanes of at least 4 members (excludes halogenated alkanes) is 4. The molecule has 0 aliphatic carbocycles. The third-order valence-corrected chi connectivity index (χ3v) is 6.35. The van der Waals surface area contributed by atoms with Gasteiger partial charge in [-0.2, -0.15) is 8.42 Å². The van der Waals surface area contributed by atoms with Gasteiger partial charge >= 0.3 is 0 Å². The maximum Gasteiger partial charge on any atom is 0.294 e. The molecule has 0 radical (unpaired) electrons. The van der Waals surface area contributed by atoms with Crippen LogP contribution in [-0.2, 0) is 10.1 Å². The molecule has 2 N–H and O–H groups in total. The molecule has 0 unspecified atom stereocenters. The number of quaternary nitrogens is 1. The molecule has 1 saturated heterocycles. The minimum Gasteiger partial charge on any atom is -0.396 e. The molecule has 1 fully saturated rings. The molecule has 5 nitrogen and oxygen atoms in total. The first-order chi connectivity index (χ1) is 13.3. The maximum atomic E-state index is 10.5. The lowest BCUT2D eigenvalue weighted by Crippen LogP contribution is -2.46. The van der Waals surface area contributed by atoms with Crippen LogP contribution in [-0.4, -0.2) is 55.3 Å². The maximum absolute atomic E-state index is 10.5. The van der Waals surface area contributed by atoms with E-state index in [1.807, 2.05) is 6.92 Å². The summed E-state index contributed by atoms with van der Waals surface area (Å²) < 4.78 is 33.8. The summed E-state index contributed by atoms with van der Waals surface area (Å²) in [6, 6.07) is 5.99. The fourth-order valence-corrected chi connectivity index (χ4v) is 4.11. The largest absolute Gasteiger partial charge is 0.396 e. The first kappa shape index (κ1) is 25.4. The highest BCUT2D eigenvalue weighted by Crippen LogP contribution is 2.20. The van der Waals surface area contributed by atoms with Gasteiger partial charge in [0.1, 0.15) is 6.54 Å². The molecule has 158 valence electrons. The Morgan fingerprint density at radius 3 is 2.14 bits per heavy atom. The second-order valence-electron chi connectivity index (χ2n) is 7.43. The number of halogens is 1. The third-order valence-electron chi connectivity index (χ3n) is 5.11. The van der Waals surface area contributed by atoms with Crippen LogP contribution in [0.1, 0.15) is 50.5 Å². The van der Waals surface area contributed by atoms with Gasteiger partial charge in [0.2, 0.25) is 0 Å². The van der Waals surface area contributed by atoms with E-state index in [9.17, 15) is 8.42 Å². The smallest absolute Gasteiger partial charge is 0.294 e. The highest BCUT2D eigenvalue weighted by molar-refractivity contribution is 14.1. The quantitative estimate of drug-likeness (QED) is 0.168. The van der Waals surface area contributed by atoms with E-state index in [0.717, 1.165) is 18.5 Å². The van der Waals surface area contributed by atoms with E-state index in [1.165, 1.54) is 74.8 Å². The van der Waals surface area contributed by atoms with Gasteiger partial charge in [-0.3, -0.25) is 4.55 Å². The van der Waals surface area contributed by atoms with E-state index in [1.54, 1.807) is 12.1 Å². The lowest BCUT2D eigenvalue weighted by atomic mass is 10.1. The normalized spacial score (nSPS) is 15.3. The highest BCUT2D eigenvalue weighted by Gasteiger charge is 2.30. The van der Waals surface area contributed by atoms with Crippen LogP contribution in [0, 0.1) is 16.8 Å². The van der Waals surface area contributed by atoms with Crippen LogP contribution >= 0.6 is 22.6 Å². The van der Waals surface area contributed by atoms with Crippen molar-refractivity contribution in [3.8, 4) is 9.85 Å². The van der Waals surface area contributed by atoms with E-state index in [-0.39, 0.29) is 4.90 Å². The summed E-state index contributed by atoms with van der Waals surface area (Å²) in [5.41, 5.74) is 0.956. The number of likely N-dealkylation sites (tertiary alicyclic amines) is 1. The molecule has 0 atom stereocenters. The lowest BCUT2D eigenvalue weighted by Gasteiger charge is -2.32. The van der Waals surface area contributed by atoms with Gasteiger partial charge in [-0.1, -0.05) is 30.5 Å². The van der Waals surface area contributed by atoms with E-state index < -0.39 is 10.1 Å². The van der Waals surface area contributed by atoms with Gasteiger partial charge in [-0.25, -0.2) is 0 Å². The van der Waals surface area contributed by atoms with Crippen LogP contribution in [0.3, 0.4) is 0 Å². The van der Waals surface area contributed by atoms with Crippen LogP contribution in [0.2, 0.25) is 0 Å². The molecule has 1 aromatic carbocycles. The van der Waals surface area contributed by atoms with Crippen molar-refractivity contribution in [3.63, 3.8) is 0 Å². The molecule has 1 heterocycles. The van der Waals surface area contributed by atoms with E-state index >= 15 is 0 Å². The van der Waals surface area contributed by atoms with Gasteiger partial charge < -0.3 is 9.59 Å². The van der Waals surface area contributed by atoms with Crippen LogP contribution in [0.5, 0.6) is 0 Å². The molecule has 1 aliphatic heterocycles.